The van der Waals surface area contributed by atoms with E-state index in [1.165, 1.54) is 7.11 Å². The number of methoxy groups -OCH3 is 3. The van der Waals surface area contributed by atoms with Crippen molar-refractivity contribution in [3.63, 3.8) is 0 Å². The molecule has 0 saturated heterocycles. The fourth-order valence-electron chi connectivity index (χ4n) is 3.64. The third-order valence-corrected chi connectivity index (χ3v) is 11.7. The third-order valence-electron chi connectivity index (χ3n) is 6.91. The Morgan fingerprint density at radius 3 is 2.14 bits per heavy atom. The first-order valence-corrected chi connectivity index (χ1v) is 15.1. The summed E-state index contributed by atoms with van der Waals surface area (Å²) in [6.45, 7) is 14.1. The number of benzene rings is 2. The summed E-state index contributed by atoms with van der Waals surface area (Å²) in [6, 6.07) is 9.46. The molecular formula is C27H40ClNO5Si. The summed E-state index contributed by atoms with van der Waals surface area (Å²) >= 11 is 6.11. The molecule has 0 aliphatic heterocycles. The van der Waals surface area contributed by atoms with Crippen LogP contribution in [0, 0.1) is 6.92 Å². The third kappa shape index (κ3) is 7.15. The fourth-order valence-corrected chi connectivity index (χ4v) is 4.83. The second-order valence-corrected chi connectivity index (χ2v) is 15.4. The molecule has 1 atom stereocenters. The van der Waals surface area contributed by atoms with Gasteiger partial charge < -0.3 is 24.0 Å². The van der Waals surface area contributed by atoms with Crippen molar-refractivity contribution in [2.75, 3.05) is 34.5 Å². The van der Waals surface area contributed by atoms with E-state index in [2.05, 4.69) is 39.2 Å². The second-order valence-electron chi connectivity index (χ2n) is 10.2. The van der Waals surface area contributed by atoms with E-state index in [0.29, 0.717) is 46.5 Å². The summed E-state index contributed by atoms with van der Waals surface area (Å²) in [5.41, 5.74) is 2.27. The van der Waals surface area contributed by atoms with Crippen LogP contribution in [0.5, 0.6) is 17.2 Å². The number of nitrogens with one attached hydrogen (secondary N) is 1. The summed E-state index contributed by atoms with van der Waals surface area (Å²) in [5.74, 6) is 1.26. The van der Waals surface area contributed by atoms with Gasteiger partial charge in [0.05, 0.1) is 21.3 Å². The highest BCUT2D eigenvalue weighted by atomic mass is 35.5. The van der Waals surface area contributed by atoms with Crippen LogP contribution in [0.15, 0.2) is 30.3 Å². The monoisotopic (exact) mass is 521 g/mol. The van der Waals surface area contributed by atoms with Crippen molar-refractivity contribution in [3.8, 4) is 17.2 Å². The van der Waals surface area contributed by atoms with Crippen LogP contribution in [-0.4, -0.2) is 48.7 Å². The number of halogens is 1. The van der Waals surface area contributed by atoms with E-state index in [9.17, 15) is 4.79 Å². The Morgan fingerprint density at radius 2 is 1.63 bits per heavy atom. The molecule has 35 heavy (non-hydrogen) atoms. The molecule has 1 N–H and O–H groups in total. The van der Waals surface area contributed by atoms with Gasteiger partial charge in [-0.2, -0.15) is 0 Å². The lowest BCUT2D eigenvalue weighted by Gasteiger charge is -2.36. The summed E-state index contributed by atoms with van der Waals surface area (Å²) in [6.07, 6.45) is 0.780. The van der Waals surface area contributed by atoms with Gasteiger partial charge >= 0.3 is 0 Å². The summed E-state index contributed by atoms with van der Waals surface area (Å²) in [7, 11) is 2.76. The van der Waals surface area contributed by atoms with Crippen LogP contribution in [-0.2, 0) is 4.43 Å². The zero-order chi connectivity index (χ0) is 26.4. The van der Waals surface area contributed by atoms with Crippen LogP contribution < -0.4 is 19.5 Å². The minimum atomic E-state index is -1.86. The SMILES string of the molecule is COc1cc(C(=O)NCC(CCO[Si](C)(C)C(C)(C)C)c2ccc(Cl)cc2)c(C)c(OC)c1OC. The van der Waals surface area contributed by atoms with Crippen molar-refractivity contribution >= 4 is 25.8 Å². The van der Waals surface area contributed by atoms with Gasteiger partial charge in [0.25, 0.3) is 5.91 Å². The molecule has 2 aromatic rings. The Kier molecular flexibility index (Phi) is 10.1. The topological polar surface area (TPSA) is 66.0 Å². The first-order valence-electron chi connectivity index (χ1n) is 11.8. The molecule has 0 aliphatic carbocycles. The van der Waals surface area contributed by atoms with E-state index in [1.807, 2.05) is 31.2 Å². The Hall–Kier alpha value is -2.22. The Morgan fingerprint density at radius 1 is 1.03 bits per heavy atom. The number of hydrogen-bond donors (Lipinski definition) is 1. The van der Waals surface area contributed by atoms with Crippen LogP contribution in [0.2, 0.25) is 23.2 Å². The van der Waals surface area contributed by atoms with Gasteiger partial charge in [0.2, 0.25) is 5.75 Å². The van der Waals surface area contributed by atoms with E-state index in [0.717, 1.165) is 12.0 Å². The van der Waals surface area contributed by atoms with Crippen LogP contribution in [0.25, 0.3) is 0 Å². The molecule has 1 amide bonds. The van der Waals surface area contributed by atoms with E-state index in [-0.39, 0.29) is 16.9 Å². The van der Waals surface area contributed by atoms with E-state index < -0.39 is 8.32 Å². The quantitative estimate of drug-likeness (QED) is 0.337. The number of carbonyl (C=O) groups is 1. The smallest absolute Gasteiger partial charge is 0.251 e. The highest BCUT2D eigenvalue weighted by Gasteiger charge is 2.37. The highest BCUT2D eigenvalue weighted by molar-refractivity contribution is 6.74. The molecule has 0 aliphatic rings. The minimum absolute atomic E-state index is 0.0725. The minimum Gasteiger partial charge on any atom is -0.493 e. The molecule has 2 aromatic carbocycles. The van der Waals surface area contributed by atoms with Gasteiger partial charge in [0.15, 0.2) is 19.8 Å². The van der Waals surface area contributed by atoms with Gasteiger partial charge in [-0.3, -0.25) is 4.79 Å². The second kappa shape index (κ2) is 12.1. The van der Waals surface area contributed by atoms with Crippen molar-refractivity contribution in [1.29, 1.82) is 0 Å². The maximum absolute atomic E-state index is 13.2. The lowest BCUT2D eigenvalue weighted by molar-refractivity contribution is 0.0948. The van der Waals surface area contributed by atoms with Crippen molar-refractivity contribution in [3.05, 3.63) is 52.0 Å². The summed E-state index contributed by atoms with van der Waals surface area (Å²) in [4.78, 5) is 13.2. The standard InChI is InChI=1S/C27H40ClNO5Si/c1-18-22(16-23(31-5)25(33-7)24(18)32-6)26(30)29-17-20(19-10-12-21(28)13-11-19)14-15-34-35(8,9)27(2,3)4/h10-13,16,20H,14-15,17H2,1-9H3,(H,29,30). The fraction of sp³-hybridized carbons (Fsp3) is 0.519. The molecule has 0 bridgehead atoms. The highest BCUT2D eigenvalue weighted by Crippen LogP contribution is 2.41. The molecule has 8 heteroatoms. The van der Waals surface area contributed by atoms with E-state index in [4.69, 9.17) is 30.2 Å². The van der Waals surface area contributed by atoms with Gasteiger partial charge in [-0.15, -0.1) is 0 Å². The Bertz CT molecular complexity index is 1000. The van der Waals surface area contributed by atoms with Crippen molar-refractivity contribution < 1.29 is 23.4 Å². The van der Waals surface area contributed by atoms with Crippen molar-refractivity contribution in [2.24, 2.45) is 0 Å². The maximum Gasteiger partial charge on any atom is 0.251 e. The van der Waals surface area contributed by atoms with Gasteiger partial charge in [-0.1, -0.05) is 44.5 Å². The molecule has 0 spiro atoms. The molecule has 194 valence electrons. The molecule has 0 fully saturated rings. The van der Waals surface area contributed by atoms with Crippen LogP contribution in [0.1, 0.15) is 54.6 Å². The van der Waals surface area contributed by atoms with Crippen LogP contribution in [0.3, 0.4) is 0 Å². The van der Waals surface area contributed by atoms with Crippen molar-refractivity contribution in [2.45, 2.75) is 58.2 Å². The normalized spacial score (nSPS) is 12.7. The average molecular weight is 522 g/mol. The van der Waals surface area contributed by atoms with Gasteiger partial charge in [0, 0.05) is 35.2 Å². The number of ether oxygens (including phenoxy) is 3. The van der Waals surface area contributed by atoms with Gasteiger partial charge in [-0.25, -0.2) is 0 Å². The lowest BCUT2D eigenvalue weighted by atomic mass is 9.95. The first-order chi connectivity index (χ1) is 16.4. The first kappa shape index (κ1) is 29.0. The molecule has 0 heterocycles. The molecule has 2 rings (SSSR count). The number of carbonyl (C=O) groups excluding carboxylic acids is 1. The van der Waals surface area contributed by atoms with Crippen LogP contribution in [0.4, 0.5) is 0 Å². The molecule has 6 nitrogen and oxygen atoms in total. The molecule has 0 aromatic heterocycles. The van der Waals surface area contributed by atoms with Crippen LogP contribution >= 0.6 is 11.6 Å². The summed E-state index contributed by atoms with van der Waals surface area (Å²) in [5, 5.41) is 3.93. The number of hydrogen-bond acceptors (Lipinski definition) is 5. The van der Waals surface area contributed by atoms with E-state index >= 15 is 0 Å². The largest absolute Gasteiger partial charge is 0.493 e. The number of amides is 1. The lowest BCUT2D eigenvalue weighted by Crippen LogP contribution is -2.41. The molecule has 0 saturated carbocycles. The Balaban J connectivity index is 2.23. The number of rotatable bonds is 11. The predicted molar refractivity (Wildman–Crippen MR) is 145 cm³/mol. The molecule has 1 unspecified atom stereocenters. The zero-order valence-electron chi connectivity index (χ0n) is 22.5. The zero-order valence-corrected chi connectivity index (χ0v) is 24.3. The molecule has 0 radical (unpaired) electrons. The van der Waals surface area contributed by atoms with E-state index in [1.54, 1.807) is 20.3 Å². The van der Waals surface area contributed by atoms with Gasteiger partial charge in [-0.05, 0) is 55.2 Å². The van der Waals surface area contributed by atoms with Gasteiger partial charge in [0.1, 0.15) is 0 Å². The van der Waals surface area contributed by atoms with Crippen molar-refractivity contribution in [1.82, 2.24) is 5.32 Å². The molecular weight excluding hydrogens is 482 g/mol. The maximum atomic E-state index is 13.2. The predicted octanol–water partition coefficient (Wildman–Crippen LogP) is 6.60. The average Bonchev–Trinajstić information content (AvgIpc) is 2.80. The Labute approximate surface area is 216 Å². The summed E-state index contributed by atoms with van der Waals surface area (Å²) < 4.78 is 22.8.